The van der Waals surface area contributed by atoms with E-state index in [-0.39, 0.29) is 28.2 Å². The molecule has 0 unspecified atom stereocenters. The summed E-state index contributed by atoms with van der Waals surface area (Å²) in [5.41, 5.74) is -0.0733. The third-order valence-electron chi connectivity index (χ3n) is 4.56. The quantitative estimate of drug-likeness (QED) is 0.611. The van der Waals surface area contributed by atoms with Crippen LogP contribution in [0, 0.1) is 10.1 Å². The van der Waals surface area contributed by atoms with Crippen molar-refractivity contribution in [2.45, 2.75) is 25.3 Å². The van der Waals surface area contributed by atoms with Crippen molar-refractivity contribution in [2.24, 2.45) is 0 Å². The number of nitrogens with one attached hydrogen (secondary N) is 1. The highest BCUT2D eigenvalue weighted by Gasteiger charge is 2.25. The monoisotopic (exact) mass is 377 g/mol. The first-order valence-electron chi connectivity index (χ1n) is 8.56. The number of piperidine rings is 1. The first-order chi connectivity index (χ1) is 12.6. The van der Waals surface area contributed by atoms with Gasteiger partial charge in [0.05, 0.1) is 17.2 Å². The van der Waals surface area contributed by atoms with Crippen molar-refractivity contribution in [3.05, 3.63) is 63.1 Å². The van der Waals surface area contributed by atoms with Gasteiger partial charge in [0.1, 0.15) is 10.8 Å². The number of likely N-dealkylation sites (tertiary alicyclic amines) is 1. The first-order valence-corrected chi connectivity index (χ1v) is 8.93. The Balaban J connectivity index is 1.71. The lowest BCUT2D eigenvalue weighted by Gasteiger charge is -2.33. The fraction of sp³-hybridized carbons (Fsp3) is 0.389. The number of hydrogen-bond donors (Lipinski definition) is 1. The molecule has 1 amide bonds. The van der Waals surface area contributed by atoms with Crippen LogP contribution < -0.4 is 5.32 Å². The Morgan fingerprint density at radius 3 is 2.73 bits per heavy atom. The van der Waals surface area contributed by atoms with Gasteiger partial charge in [0, 0.05) is 18.2 Å². The highest BCUT2D eigenvalue weighted by Crippen LogP contribution is 2.26. The van der Waals surface area contributed by atoms with E-state index in [1.807, 2.05) is 12.1 Å². The van der Waals surface area contributed by atoms with Crippen LogP contribution in [0.5, 0.6) is 0 Å². The fourth-order valence-electron chi connectivity index (χ4n) is 3.21. The second-order valence-electron chi connectivity index (χ2n) is 6.26. The van der Waals surface area contributed by atoms with Crippen LogP contribution in [0.2, 0.25) is 5.02 Å². The number of furan rings is 1. The van der Waals surface area contributed by atoms with Crippen molar-refractivity contribution in [2.75, 3.05) is 19.6 Å². The maximum atomic E-state index is 12.5. The van der Waals surface area contributed by atoms with Crippen LogP contribution in [0.3, 0.4) is 0 Å². The zero-order valence-corrected chi connectivity index (χ0v) is 14.9. The molecule has 138 valence electrons. The van der Waals surface area contributed by atoms with Crippen LogP contribution in [0.4, 0.5) is 5.69 Å². The molecule has 1 saturated heterocycles. The summed E-state index contributed by atoms with van der Waals surface area (Å²) < 4.78 is 5.55. The molecule has 0 bridgehead atoms. The Kier molecular flexibility index (Phi) is 5.90. The number of halogens is 1. The Morgan fingerprint density at radius 1 is 1.31 bits per heavy atom. The first kappa shape index (κ1) is 18.4. The number of nitro benzene ring substituents is 1. The summed E-state index contributed by atoms with van der Waals surface area (Å²) in [7, 11) is 0. The smallest absolute Gasteiger partial charge is 0.288 e. The maximum absolute atomic E-state index is 12.5. The number of benzene rings is 1. The topological polar surface area (TPSA) is 88.6 Å². The van der Waals surface area contributed by atoms with E-state index in [1.165, 1.54) is 24.6 Å². The minimum absolute atomic E-state index is 0.00771. The molecule has 2 aromatic rings. The average Bonchev–Trinajstić information content (AvgIpc) is 3.17. The van der Waals surface area contributed by atoms with Gasteiger partial charge in [0.2, 0.25) is 0 Å². The maximum Gasteiger partial charge on any atom is 0.288 e. The molecule has 1 atom stereocenters. The summed E-state index contributed by atoms with van der Waals surface area (Å²) in [6.45, 7) is 2.27. The van der Waals surface area contributed by atoms with Crippen molar-refractivity contribution in [1.29, 1.82) is 0 Å². The average molecular weight is 378 g/mol. The zero-order chi connectivity index (χ0) is 18.5. The summed E-state index contributed by atoms with van der Waals surface area (Å²) in [6.07, 6.45) is 5.07. The van der Waals surface area contributed by atoms with E-state index < -0.39 is 4.92 Å². The molecule has 2 heterocycles. The second-order valence-corrected chi connectivity index (χ2v) is 6.67. The van der Waals surface area contributed by atoms with Gasteiger partial charge in [-0.2, -0.15) is 0 Å². The molecule has 0 aliphatic carbocycles. The second kappa shape index (κ2) is 8.33. The van der Waals surface area contributed by atoms with Crippen molar-refractivity contribution in [3.8, 4) is 0 Å². The number of nitro groups is 1. The number of nitrogens with zero attached hydrogens (tertiary/aromatic N) is 2. The van der Waals surface area contributed by atoms with E-state index in [1.54, 1.807) is 6.26 Å². The van der Waals surface area contributed by atoms with E-state index >= 15 is 0 Å². The van der Waals surface area contributed by atoms with Gasteiger partial charge < -0.3 is 9.73 Å². The van der Waals surface area contributed by atoms with Crippen molar-refractivity contribution in [3.63, 3.8) is 0 Å². The fourth-order valence-corrected chi connectivity index (χ4v) is 3.39. The summed E-state index contributed by atoms with van der Waals surface area (Å²) in [6, 6.07) is 7.71. The van der Waals surface area contributed by atoms with Crippen LogP contribution in [-0.4, -0.2) is 35.4 Å². The SMILES string of the molecule is O=C(NC[C@@H](c1ccco1)N1CCCCC1)c1ccc(Cl)c([N+](=O)[O-])c1. The normalized spacial score (nSPS) is 16.2. The molecule has 7 nitrogen and oxygen atoms in total. The van der Waals surface area contributed by atoms with Gasteiger partial charge in [-0.15, -0.1) is 0 Å². The molecule has 1 aliphatic heterocycles. The van der Waals surface area contributed by atoms with E-state index in [4.69, 9.17) is 16.0 Å². The van der Waals surface area contributed by atoms with Crippen LogP contribution in [0.25, 0.3) is 0 Å². The third kappa shape index (κ3) is 4.23. The molecule has 1 aromatic carbocycles. The molecule has 1 aromatic heterocycles. The molecule has 26 heavy (non-hydrogen) atoms. The van der Waals surface area contributed by atoms with Crippen LogP contribution in [0.1, 0.15) is 41.4 Å². The summed E-state index contributed by atoms with van der Waals surface area (Å²) in [5.74, 6) is 0.424. The van der Waals surface area contributed by atoms with Gasteiger partial charge in [-0.25, -0.2) is 0 Å². The summed E-state index contributed by atoms with van der Waals surface area (Å²) in [5, 5.41) is 13.9. The molecule has 0 saturated carbocycles. The van der Waals surface area contributed by atoms with Gasteiger partial charge in [-0.05, 0) is 50.2 Å². The Bertz CT molecular complexity index is 773. The lowest BCUT2D eigenvalue weighted by Crippen LogP contribution is -2.40. The standard InChI is InChI=1S/C18H20ClN3O4/c19-14-7-6-13(11-15(14)22(24)25)18(23)20-12-16(17-5-4-10-26-17)21-8-2-1-3-9-21/h4-7,10-11,16H,1-3,8-9,12H2,(H,20,23)/t16-/m0/s1. The van der Waals surface area contributed by atoms with Crippen LogP contribution >= 0.6 is 11.6 Å². The van der Waals surface area contributed by atoms with Crippen molar-refractivity contribution in [1.82, 2.24) is 10.2 Å². The van der Waals surface area contributed by atoms with E-state index in [0.717, 1.165) is 31.7 Å². The van der Waals surface area contributed by atoms with E-state index in [9.17, 15) is 14.9 Å². The molecule has 1 fully saturated rings. The number of carbonyl (C=O) groups excluding carboxylic acids is 1. The Hall–Kier alpha value is -2.38. The highest BCUT2D eigenvalue weighted by atomic mass is 35.5. The van der Waals surface area contributed by atoms with E-state index in [2.05, 4.69) is 10.2 Å². The van der Waals surface area contributed by atoms with Gasteiger partial charge in [0.25, 0.3) is 11.6 Å². The highest BCUT2D eigenvalue weighted by molar-refractivity contribution is 6.32. The molecule has 1 aliphatic rings. The number of hydrogen-bond acceptors (Lipinski definition) is 5. The van der Waals surface area contributed by atoms with E-state index in [0.29, 0.717) is 6.54 Å². The van der Waals surface area contributed by atoms with Gasteiger partial charge in [-0.1, -0.05) is 18.0 Å². The predicted molar refractivity (Wildman–Crippen MR) is 97.3 cm³/mol. The third-order valence-corrected chi connectivity index (χ3v) is 4.88. The van der Waals surface area contributed by atoms with Gasteiger partial charge >= 0.3 is 0 Å². The number of amides is 1. The lowest BCUT2D eigenvalue weighted by atomic mass is 10.1. The zero-order valence-electron chi connectivity index (χ0n) is 14.2. The van der Waals surface area contributed by atoms with Crippen LogP contribution in [0.15, 0.2) is 41.0 Å². The molecular weight excluding hydrogens is 358 g/mol. The summed E-state index contributed by atoms with van der Waals surface area (Å²) >= 11 is 5.80. The predicted octanol–water partition coefficient (Wildman–Crippen LogP) is 3.80. The molecule has 3 rings (SSSR count). The van der Waals surface area contributed by atoms with Crippen molar-refractivity contribution < 1.29 is 14.1 Å². The largest absolute Gasteiger partial charge is 0.468 e. The Labute approximate surface area is 156 Å². The molecule has 0 spiro atoms. The molecule has 0 radical (unpaired) electrons. The number of rotatable bonds is 6. The Morgan fingerprint density at radius 2 is 2.08 bits per heavy atom. The molecule has 1 N–H and O–H groups in total. The van der Waals surface area contributed by atoms with Gasteiger partial charge in [0.15, 0.2) is 0 Å². The van der Waals surface area contributed by atoms with Crippen LogP contribution in [-0.2, 0) is 0 Å². The lowest BCUT2D eigenvalue weighted by molar-refractivity contribution is -0.384. The minimum atomic E-state index is -0.599. The molecule has 8 heteroatoms. The molecular formula is C18H20ClN3O4. The van der Waals surface area contributed by atoms with Gasteiger partial charge in [-0.3, -0.25) is 19.8 Å². The van der Waals surface area contributed by atoms with Crippen molar-refractivity contribution >= 4 is 23.2 Å². The minimum Gasteiger partial charge on any atom is -0.468 e. The number of carbonyl (C=O) groups is 1. The summed E-state index contributed by atoms with van der Waals surface area (Å²) in [4.78, 5) is 25.2.